The maximum atomic E-state index is 14.8. The highest BCUT2D eigenvalue weighted by molar-refractivity contribution is 7.99. The molecule has 1 aliphatic heterocycles. The van der Waals surface area contributed by atoms with Gasteiger partial charge in [0, 0.05) is 18.2 Å². The average molecular weight is 457 g/mol. The molecule has 0 fully saturated rings. The van der Waals surface area contributed by atoms with Crippen molar-refractivity contribution in [1.29, 1.82) is 0 Å². The topological polar surface area (TPSA) is 68.2 Å². The van der Waals surface area contributed by atoms with E-state index in [-0.39, 0.29) is 11.4 Å². The third-order valence-corrected chi connectivity index (χ3v) is 6.00. The minimum absolute atomic E-state index is 0.113. The summed E-state index contributed by atoms with van der Waals surface area (Å²) in [6.45, 7) is 5.34. The summed E-state index contributed by atoms with van der Waals surface area (Å²) in [5.41, 5.74) is 2.20. The van der Waals surface area contributed by atoms with E-state index in [9.17, 15) is 13.6 Å². The van der Waals surface area contributed by atoms with E-state index in [1.165, 1.54) is 35.7 Å². The molecule has 2 aromatic carbocycles. The van der Waals surface area contributed by atoms with Crippen LogP contribution in [0.1, 0.15) is 44.0 Å². The summed E-state index contributed by atoms with van der Waals surface area (Å²) in [4.78, 5) is 18.5. The maximum Gasteiger partial charge on any atom is 0.247 e. The summed E-state index contributed by atoms with van der Waals surface area (Å²) in [7, 11) is 0. The van der Waals surface area contributed by atoms with Gasteiger partial charge in [-0.15, -0.1) is 10.2 Å². The number of carbonyl (C=O) groups excluding carboxylic acids is 1. The van der Waals surface area contributed by atoms with Crippen LogP contribution in [0.15, 0.2) is 41.6 Å². The molecule has 3 aromatic rings. The molecule has 1 aromatic heterocycles. The molecule has 0 radical (unpaired) electrons. The van der Waals surface area contributed by atoms with E-state index in [0.717, 1.165) is 30.2 Å². The first-order chi connectivity index (χ1) is 15.4. The monoisotopic (exact) mass is 456 g/mol. The number of hydrogen-bond donors (Lipinski definition) is 0. The number of hydrogen-bond acceptors (Lipinski definition) is 6. The Morgan fingerprint density at radius 1 is 1.22 bits per heavy atom. The van der Waals surface area contributed by atoms with Crippen LogP contribution in [0.4, 0.5) is 14.5 Å². The number of benzene rings is 2. The Bertz CT molecular complexity index is 1170. The highest BCUT2D eigenvalue weighted by atomic mass is 32.2. The number of rotatable bonds is 5. The van der Waals surface area contributed by atoms with E-state index in [0.29, 0.717) is 22.1 Å². The predicted octanol–water partition coefficient (Wildman–Crippen LogP) is 5.46. The van der Waals surface area contributed by atoms with Crippen LogP contribution in [0.5, 0.6) is 5.88 Å². The van der Waals surface area contributed by atoms with Crippen molar-refractivity contribution in [1.82, 2.24) is 15.2 Å². The van der Waals surface area contributed by atoms with E-state index in [1.807, 2.05) is 19.1 Å². The molecule has 4 rings (SSSR count). The lowest BCUT2D eigenvalue weighted by Crippen LogP contribution is -2.36. The van der Waals surface area contributed by atoms with Crippen molar-refractivity contribution in [2.24, 2.45) is 0 Å². The molecule has 1 aliphatic rings. The molecule has 2 heterocycles. The highest BCUT2D eigenvalue weighted by Gasteiger charge is 2.36. The van der Waals surface area contributed by atoms with Crippen molar-refractivity contribution in [2.75, 3.05) is 10.7 Å². The highest BCUT2D eigenvalue weighted by Crippen LogP contribution is 2.44. The zero-order valence-corrected chi connectivity index (χ0v) is 18.7. The van der Waals surface area contributed by atoms with Gasteiger partial charge in [0.2, 0.25) is 23.2 Å². The Kier molecular flexibility index (Phi) is 6.36. The maximum absolute atomic E-state index is 14.8. The van der Waals surface area contributed by atoms with E-state index < -0.39 is 23.8 Å². The second kappa shape index (κ2) is 9.20. The molecule has 1 unspecified atom stereocenters. The van der Waals surface area contributed by atoms with Crippen LogP contribution in [0.25, 0.3) is 11.3 Å². The molecule has 166 valence electrons. The van der Waals surface area contributed by atoms with Crippen LogP contribution in [-0.4, -0.2) is 26.8 Å². The lowest BCUT2D eigenvalue weighted by Gasteiger charge is -2.30. The number of amides is 1. The first kappa shape index (κ1) is 22.1. The quantitative estimate of drug-likeness (QED) is 0.375. The summed E-state index contributed by atoms with van der Waals surface area (Å²) >= 11 is 1.44. The minimum Gasteiger partial charge on any atom is -0.447 e. The van der Waals surface area contributed by atoms with E-state index in [2.05, 4.69) is 22.1 Å². The molecule has 0 bridgehead atoms. The Morgan fingerprint density at radius 2 is 2.03 bits per heavy atom. The predicted molar refractivity (Wildman–Crippen MR) is 119 cm³/mol. The van der Waals surface area contributed by atoms with Crippen molar-refractivity contribution in [3.8, 4) is 17.1 Å². The molecule has 0 saturated carbocycles. The zero-order chi connectivity index (χ0) is 22.8. The van der Waals surface area contributed by atoms with Gasteiger partial charge in [-0.3, -0.25) is 9.69 Å². The zero-order valence-electron chi connectivity index (χ0n) is 17.9. The largest absolute Gasteiger partial charge is 0.447 e. The number of thioether (sulfide) groups is 1. The van der Waals surface area contributed by atoms with Crippen LogP contribution in [-0.2, 0) is 4.79 Å². The molecule has 0 aliphatic carbocycles. The third-order valence-electron chi connectivity index (χ3n) is 5.08. The van der Waals surface area contributed by atoms with Gasteiger partial charge < -0.3 is 4.74 Å². The number of ether oxygens (including phenoxy) is 1. The molecule has 1 atom stereocenters. The molecule has 1 amide bonds. The van der Waals surface area contributed by atoms with Crippen LogP contribution < -0.4 is 9.64 Å². The van der Waals surface area contributed by atoms with Crippen molar-refractivity contribution in [3.05, 3.63) is 59.2 Å². The second-order valence-electron chi connectivity index (χ2n) is 7.47. The van der Waals surface area contributed by atoms with Gasteiger partial charge in [0.15, 0.2) is 17.3 Å². The Labute approximate surface area is 189 Å². The number of aromatic nitrogens is 3. The first-order valence-electron chi connectivity index (χ1n) is 10.3. The van der Waals surface area contributed by atoms with Gasteiger partial charge in [-0.1, -0.05) is 48.9 Å². The number of unbranched alkanes of at least 4 members (excludes halogenated alkanes) is 1. The summed E-state index contributed by atoms with van der Waals surface area (Å²) in [6, 6.07) is 9.20. The van der Waals surface area contributed by atoms with Gasteiger partial charge >= 0.3 is 0 Å². The Morgan fingerprint density at radius 3 is 2.78 bits per heavy atom. The number of carbonyl (C=O) groups is 1. The molecule has 32 heavy (non-hydrogen) atoms. The van der Waals surface area contributed by atoms with Gasteiger partial charge in [-0.2, -0.15) is 4.98 Å². The van der Waals surface area contributed by atoms with Crippen LogP contribution in [0, 0.1) is 18.6 Å². The van der Waals surface area contributed by atoms with Crippen molar-refractivity contribution < 1.29 is 18.3 Å². The van der Waals surface area contributed by atoms with Crippen LogP contribution >= 0.6 is 11.8 Å². The van der Waals surface area contributed by atoms with Crippen molar-refractivity contribution in [3.63, 3.8) is 0 Å². The number of fused-ring (bicyclic) bond motifs is 3. The van der Waals surface area contributed by atoms with E-state index in [1.54, 1.807) is 6.07 Å². The summed E-state index contributed by atoms with van der Waals surface area (Å²) in [5.74, 6) is -1.58. The van der Waals surface area contributed by atoms with Gasteiger partial charge in [-0.25, -0.2) is 8.78 Å². The molecule has 9 heteroatoms. The fourth-order valence-corrected chi connectivity index (χ4v) is 4.36. The first-order valence-corrected chi connectivity index (χ1v) is 11.3. The number of nitrogens with zero attached hydrogens (tertiary/aromatic N) is 4. The molecular formula is C23H22F2N4O2S. The van der Waals surface area contributed by atoms with Crippen LogP contribution in [0.2, 0.25) is 0 Å². The summed E-state index contributed by atoms with van der Waals surface area (Å²) in [6.07, 6.45) is 0.753. The van der Waals surface area contributed by atoms with Crippen molar-refractivity contribution >= 4 is 23.4 Å². The number of aryl methyl sites for hydroxylation is 1. The SMILES string of the molecule is CCCCSc1nnc2c(n1)OC(c1cccc(F)c1F)N(C(C)=O)c1ccc(C)cc1-2. The fraction of sp³-hybridized carbons (Fsp3) is 0.304. The minimum atomic E-state index is -1.27. The lowest BCUT2D eigenvalue weighted by molar-refractivity contribution is -0.118. The molecule has 0 N–H and O–H groups in total. The van der Waals surface area contributed by atoms with E-state index in [4.69, 9.17) is 4.74 Å². The Balaban J connectivity index is 1.92. The summed E-state index contributed by atoms with van der Waals surface area (Å²) < 4.78 is 35.0. The molecule has 0 saturated heterocycles. The number of halogens is 2. The standard InChI is InChI=1S/C23H22F2N4O2S/c1-4-5-11-32-23-26-21-20(27-28-23)16-12-13(2)9-10-18(16)29(14(3)30)22(31-21)15-7-6-8-17(24)19(15)25/h6-10,12,22H,4-5,11H2,1-3H3. The number of anilines is 1. The van der Waals surface area contributed by atoms with Gasteiger partial charge in [-0.05, 0) is 31.5 Å². The van der Waals surface area contributed by atoms with Gasteiger partial charge in [0.05, 0.1) is 11.3 Å². The van der Waals surface area contributed by atoms with Crippen LogP contribution in [0.3, 0.4) is 0 Å². The summed E-state index contributed by atoms with van der Waals surface area (Å²) in [5, 5.41) is 8.97. The second-order valence-corrected chi connectivity index (χ2v) is 8.54. The average Bonchev–Trinajstić information content (AvgIpc) is 2.90. The molecule has 6 nitrogen and oxygen atoms in total. The van der Waals surface area contributed by atoms with Gasteiger partial charge in [0.25, 0.3) is 0 Å². The fourth-order valence-electron chi connectivity index (χ4n) is 3.50. The molecule has 0 spiro atoms. The third kappa shape index (κ3) is 4.17. The lowest BCUT2D eigenvalue weighted by atomic mass is 10.0. The Hall–Kier alpha value is -3.07. The van der Waals surface area contributed by atoms with E-state index >= 15 is 0 Å². The van der Waals surface area contributed by atoms with Crippen molar-refractivity contribution in [2.45, 2.75) is 45.0 Å². The molecular weight excluding hydrogens is 434 g/mol. The smallest absolute Gasteiger partial charge is 0.247 e. The van der Waals surface area contributed by atoms with Gasteiger partial charge in [0.1, 0.15) is 0 Å². The normalized spacial score (nSPS) is 14.9.